The smallest absolute Gasteiger partial charge is 0.254 e. The number of piperidine rings is 1. The van der Waals surface area contributed by atoms with Crippen molar-refractivity contribution in [3.8, 4) is 0 Å². The van der Waals surface area contributed by atoms with E-state index in [4.69, 9.17) is 4.74 Å². The minimum atomic E-state index is -0.173. The molecule has 0 aromatic carbocycles. The number of pyridine rings is 1. The van der Waals surface area contributed by atoms with Gasteiger partial charge in [0.1, 0.15) is 0 Å². The van der Waals surface area contributed by atoms with Gasteiger partial charge in [-0.25, -0.2) is 0 Å². The highest BCUT2D eigenvalue weighted by atomic mass is 16.5. The maximum Gasteiger partial charge on any atom is 0.254 e. The van der Waals surface area contributed by atoms with E-state index in [0.29, 0.717) is 12.1 Å². The number of aromatic nitrogens is 1. The van der Waals surface area contributed by atoms with Gasteiger partial charge in [-0.15, -0.1) is 0 Å². The molecule has 0 unspecified atom stereocenters. The number of carbonyl (C=O) groups is 1. The zero-order valence-corrected chi connectivity index (χ0v) is 11.9. The van der Waals surface area contributed by atoms with Crippen molar-refractivity contribution in [1.29, 1.82) is 0 Å². The molecular formula is C15H21N3O2. The van der Waals surface area contributed by atoms with Crippen LogP contribution in [0.2, 0.25) is 0 Å². The van der Waals surface area contributed by atoms with E-state index in [0.717, 1.165) is 39.1 Å². The van der Waals surface area contributed by atoms with Gasteiger partial charge in [-0.2, -0.15) is 0 Å². The normalized spacial score (nSPS) is 27.8. The molecule has 5 nitrogen and oxygen atoms in total. The Balaban J connectivity index is 1.73. The van der Waals surface area contributed by atoms with E-state index in [9.17, 15) is 4.79 Å². The third kappa shape index (κ3) is 2.69. The van der Waals surface area contributed by atoms with E-state index in [2.05, 4.69) is 16.9 Å². The third-order valence-electron chi connectivity index (χ3n) is 4.19. The number of carbonyl (C=O) groups excluding carboxylic acids is 1. The van der Waals surface area contributed by atoms with Gasteiger partial charge in [0.2, 0.25) is 0 Å². The van der Waals surface area contributed by atoms with Crippen LogP contribution in [0.5, 0.6) is 0 Å². The van der Waals surface area contributed by atoms with Crippen molar-refractivity contribution < 1.29 is 9.53 Å². The van der Waals surface area contributed by atoms with Crippen molar-refractivity contribution in [3.63, 3.8) is 0 Å². The van der Waals surface area contributed by atoms with Crippen LogP contribution in [-0.4, -0.2) is 66.1 Å². The zero-order valence-electron chi connectivity index (χ0n) is 11.9. The van der Waals surface area contributed by atoms with Gasteiger partial charge in [0.15, 0.2) is 0 Å². The minimum absolute atomic E-state index is 0.0864. The van der Waals surface area contributed by atoms with Crippen molar-refractivity contribution in [2.24, 2.45) is 0 Å². The molecule has 0 saturated carbocycles. The lowest BCUT2D eigenvalue weighted by Crippen LogP contribution is -2.59. The van der Waals surface area contributed by atoms with Gasteiger partial charge in [-0.1, -0.05) is 0 Å². The van der Waals surface area contributed by atoms with Gasteiger partial charge in [-0.3, -0.25) is 9.78 Å². The Kier molecular flexibility index (Phi) is 3.72. The molecule has 5 heteroatoms. The maximum atomic E-state index is 12.5. The highest BCUT2D eigenvalue weighted by Crippen LogP contribution is 2.29. The molecule has 1 amide bonds. The average Bonchev–Trinajstić information content (AvgIpc) is 2.47. The Bertz CT molecular complexity index is 475. The number of ether oxygens (including phenoxy) is 1. The van der Waals surface area contributed by atoms with Crippen LogP contribution in [-0.2, 0) is 4.74 Å². The summed E-state index contributed by atoms with van der Waals surface area (Å²) in [7, 11) is 2.12. The molecule has 2 fully saturated rings. The molecule has 2 aliphatic heterocycles. The first kappa shape index (κ1) is 13.5. The summed E-state index contributed by atoms with van der Waals surface area (Å²) in [5.74, 6) is 0.0864. The number of nitrogens with zero attached hydrogens (tertiary/aromatic N) is 3. The lowest BCUT2D eigenvalue weighted by atomic mass is 9.90. The van der Waals surface area contributed by atoms with Crippen LogP contribution in [0.15, 0.2) is 24.5 Å². The molecule has 1 aromatic rings. The first-order chi connectivity index (χ1) is 9.69. The summed E-state index contributed by atoms with van der Waals surface area (Å²) in [6.45, 7) is 4.15. The summed E-state index contributed by atoms with van der Waals surface area (Å²) < 4.78 is 6.05. The largest absolute Gasteiger partial charge is 0.370 e. The van der Waals surface area contributed by atoms with Crippen molar-refractivity contribution in [3.05, 3.63) is 30.1 Å². The highest BCUT2D eigenvalue weighted by molar-refractivity contribution is 5.94. The van der Waals surface area contributed by atoms with E-state index in [-0.39, 0.29) is 11.5 Å². The monoisotopic (exact) mass is 275 g/mol. The van der Waals surface area contributed by atoms with E-state index in [1.165, 1.54) is 0 Å². The summed E-state index contributed by atoms with van der Waals surface area (Å²) in [5.41, 5.74) is 0.537. The Labute approximate surface area is 119 Å². The quantitative estimate of drug-likeness (QED) is 0.767. The summed E-state index contributed by atoms with van der Waals surface area (Å²) in [6.07, 6.45) is 5.37. The Morgan fingerprint density at radius 1 is 1.30 bits per heavy atom. The lowest BCUT2D eigenvalue weighted by molar-refractivity contribution is -0.129. The predicted molar refractivity (Wildman–Crippen MR) is 75.6 cm³/mol. The van der Waals surface area contributed by atoms with Crippen molar-refractivity contribution in [2.45, 2.75) is 18.4 Å². The molecule has 2 saturated heterocycles. The fourth-order valence-corrected chi connectivity index (χ4v) is 3.23. The second-order valence-electron chi connectivity index (χ2n) is 5.84. The molecule has 1 atom stereocenters. The maximum absolute atomic E-state index is 12.5. The second-order valence-corrected chi connectivity index (χ2v) is 5.84. The van der Waals surface area contributed by atoms with Crippen LogP contribution in [0, 0.1) is 0 Å². The lowest BCUT2D eigenvalue weighted by Gasteiger charge is -2.47. The first-order valence-electron chi connectivity index (χ1n) is 7.20. The van der Waals surface area contributed by atoms with Crippen LogP contribution in [0.1, 0.15) is 23.2 Å². The van der Waals surface area contributed by atoms with Gasteiger partial charge < -0.3 is 14.5 Å². The van der Waals surface area contributed by atoms with E-state index in [1.807, 2.05) is 4.90 Å². The molecule has 2 aliphatic rings. The number of hydrogen-bond acceptors (Lipinski definition) is 4. The molecule has 1 aromatic heterocycles. The van der Waals surface area contributed by atoms with Crippen LogP contribution in [0.4, 0.5) is 0 Å². The number of likely N-dealkylation sites (tertiary alicyclic amines) is 1. The molecule has 0 N–H and O–H groups in total. The molecular weight excluding hydrogens is 254 g/mol. The van der Waals surface area contributed by atoms with Crippen LogP contribution >= 0.6 is 0 Å². The molecule has 0 aliphatic carbocycles. The topological polar surface area (TPSA) is 45.7 Å². The van der Waals surface area contributed by atoms with E-state index < -0.39 is 0 Å². The number of morpholine rings is 1. The molecule has 20 heavy (non-hydrogen) atoms. The first-order valence-corrected chi connectivity index (χ1v) is 7.20. The van der Waals surface area contributed by atoms with Crippen molar-refractivity contribution in [1.82, 2.24) is 14.8 Å². The van der Waals surface area contributed by atoms with E-state index >= 15 is 0 Å². The number of hydrogen-bond donors (Lipinski definition) is 0. The summed E-state index contributed by atoms with van der Waals surface area (Å²) in [5, 5.41) is 0. The third-order valence-corrected chi connectivity index (χ3v) is 4.19. The molecule has 1 spiro atoms. The summed E-state index contributed by atoms with van der Waals surface area (Å²) >= 11 is 0. The summed E-state index contributed by atoms with van der Waals surface area (Å²) in [6, 6.07) is 3.55. The fraction of sp³-hybridized carbons (Fsp3) is 0.600. The molecule has 3 rings (SSSR count). The molecule has 3 heterocycles. The molecule has 0 bridgehead atoms. The average molecular weight is 275 g/mol. The zero-order chi connectivity index (χ0) is 14.0. The Hall–Kier alpha value is -1.46. The molecule has 0 radical (unpaired) electrons. The Morgan fingerprint density at radius 2 is 2.10 bits per heavy atom. The Morgan fingerprint density at radius 3 is 2.85 bits per heavy atom. The SMILES string of the molecule is CN1CCO[C@@]2(CCCN(C(=O)c3ccncc3)C2)C1. The second kappa shape index (κ2) is 5.50. The van der Waals surface area contributed by atoms with Crippen LogP contribution in [0.25, 0.3) is 0 Å². The number of rotatable bonds is 1. The number of amides is 1. The fourth-order valence-electron chi connectivity index (χ4n) is 3.23. The minimum Gasteiger partial charge on any atom is -0.370 e. The summed E-state index contributed by atoms with van der Waals surface area (Å²) in [4.78, 5) is 20.7. The van der Waals surface area contributed by atoms with Gasteiger partial charge in [-0.05, 0) is 32.0 Å². The van der Waals surface area contributed by atoms with Crippen molar-refractivity contribution >= 4 is 5.91 Å². The standard InChI is InChI=1S/C15H21N3O2/c1-17-9-10-20-15(11-17)5-2-8-18(12-15)14(19)13-3-6-16-7-4-13/h3-4,6-7H,2,5,8-12H2,1H3/t15-/m0/s1. The van der Waals surface area contributed by atoms with Crippen LogP contribution < -0.4 is 0 Å². The predicted octanol–water partition coefficient (Wildman–Crippen LogP) is 1.02. The number of likely N-dealkylation sites (N-methyl/N-ethyl adjacent to an activating group) is 1. The van der Waals surface area contributed by atoms with Gasteiger partial charge in [0, 0.05) is 37.6 Å². The van der Waals surface area contributed by atoms with Crippen molar-refractivity contribution in [2.75, 3.05) is 39.8 Å². The van der Waals surface area contributed by atoms with Crippen LogP contribution in [0.3, 0.4) is 0 Å². The molecule has 108 valence electrons. The highest BCUT2D eigenvalue weighted by Gasteiger charge is 2.41. The van der Waals surface area contributed by atoms with Gasteiger partial charge >= 0.3 is 0 Å². The van der Waals surface area contributed by atoms with Gasteiger partial charge in [0.05, 0.1) is 18.8 Å². The van der Waals surface area contributed by atoms with E-state index in [1.54, 1.807) is 24.5 Å². The van der Waals surface area contributed by atoms with Gasteiger partial charge in [0.25, 0.3) is 5.91 Å².